The van der Waals surface area contributed by atoms with Gasteiger partial charge in [-0.25, -0.2) is 4.68 Å². The molecular formula is C35H43N5O3. The van der Waals surface area contributed by atoms with E-state index in [2.05, 4.69) is 44.1 Å². The lowest BCUT2D eigenvalue weighted by Crippen LogP contribution is -2.43. The summed E-state index contributed by atoms with van der Waals surface area (Å²) in [5.41, 5.74) is 7.34. The maximum absolute atomic E-state index is 14.5. The number of unbranched alkanes of at least 4 members (excludes halogenated alkanes) is 2. The molecule has 226 valence electrons. The van der Waals surface area contributed by atoms with Crippen molar-refractivity contribution in [3.8, 4) is 16.8 Å². The standard InChI is InChI=1S/C35H43N5O3/c1-7-9-17-38(18-10-8-2)35(42)31-20-24(4)40(36-31)32-16-15-28(33-25(5)37-43-26(33)6)21-30(32)34(41)39-22-29-14-12-11-13-27(29)19-23(39)3/h11-16,20-21,23H,7-10,17-19,22H2,1-6H3/t23-/m1/s1. The average molecular weight is 582 g/mol. The third-order valence-electron chi connectivity index (χ3n) is 8.50. The van der Waals surface area contributed by atoms with Crippen LogP contribution in [0, 0.1) is 20.8 Å². The Morgan fingerprint density at radius 1 is 0.977 bits per heavy atom. The molecule has 0 unspecified atom stereocenters. The van der Waals surface area contributed by atoms with E-state index in [4.69, 9.17) is 9.62 Å². The van der Waals surface area contributed by atoms with Crippen molar-refractivity contribution in [2.75, 3.05) is 13.1 Å². The highest BCUT2D eigenvalue weighted by Crippen LogP contribution is 2.32. The molecule has 8 heteroatoms. The largest absolute Gasteiger partial charge is 0.361 e. The number of aryl methyl sites for hydroxylation is 3. The van der Waals surface area contributed by atoms with Gasteiger partial charge in [0.15, 0.2) is 5.69 Å². The number of carbonyl (C=O) groups excluding carboxylic acids is 2. The molecule has 2 aromatic carbocycles. The fourth-order valence-corrected chi connectivity index (χ4v) is 6.05. The molecular weight excluding hydrogens is 538 g/mol. The van der Waals surface area contributed by atoms with E-state index in [-0.39, 0.29) is 17.9 Å². The number of hydrogen-bond acceptors (Lipinski definition) is 5. The van der Waals surface area contributed by atoms with Gasteiger partial charge >= 0.3 is 0 Å². The normalized spacial score (nSPS) is 14.6. The highest BCUT2D eigenvalue weighted by molar-refractivity contribution is 6.00. The van der Waals surface area contributed by atoms with Gasteiger partial charge in [0.25, 0.3) is 11.8 Å². The Hall–Kier alpha value is -4.20. The molecule has 5 rings (SSSR count). The van der Waals surface area contributed by atoms with Crippen molar-refractivity contribution in [2.45, 2.75) is 86.2 Å². The summed E-state index contributed by atoms with van der Waals surface area (Å²) in [6, 6.07) is 16.0. The zero-order chi connectivity index (χ0) is 30.7. The number of hydrogen-bond donors (Lipinski definition) is 0. The number of aromatic nitrogens is 3. The molecule has 43 heavy (non-hydrogen) atoms. The van der Waals surface area contributed by atoms with Crippen LogP contribution in [0.25, 0.3) is 16.8 Å². The second-order valence-corrected chi connectivity index (χ2v) is 11.8. The third kappa shape index (κ3) is 6.14. The molecule has 0 N–H and O–H groups in total. The van der Waals surface area contributed by atoms with Crippen LogP contribution in [0.1, 0.15) is 95.6 Å². The van der Waals surface area contributed by atoms with E-state index in [1.807, 2.05) is 60.9 Å². The van der Waals surface area contributed by atoms with Crippen molar-refractivity contribution in [3.05, 3.63) is 88.1 Å². The van der Waals surface area contributed by atoms with Gasteiger partial charge in [-0.3, -0.25) is 9.59 Å². The fraction of sp³-hybridized carbons (Fsp3) is 0.429. The Kier molecular flexibility index (Phi) is 9.14. The lowest BCUT2D eigenvalue weighted by molar-refractivity contribution is 0.0658. The Morgan fingerprint density at radius 2 is 1.67 bits per heavy atom. The van der Waals surface area contributed by atoms with Gasteiger partial charge in [0.2, 0.25) is 0 Å². The smallest absolute Gasteiger partial charge is 0.274 e. The number of benzene rings is 2. The summed E-state index contributed by atoms with van der Waals surface area (Å²) < 4.78 is 7.21. The van der Waals surface area contributed by atoms with Crippen molar-refractivity contribution in [1.82, 2.24) is 24.7 Å². The number of nitrogens with zero attached hydrogens (tertiary/aromatic N) is 5. The van der Waals surface area contributed by atoms with Crippen LogP contribution >= 0.6 is 0 Å². The van der Waals surface area contributed by atoms with Crippen LogP contribution in [0.4, 0.5) is 0 Å². The topological polar surface area (TPSA) is 84.5 Å². The molecule has 0 aliphatic carbocycles. The molecule has 1 aliphatic rings. The molecule has 4 aromatic rings. The van der Waals surface area contributed by atoms with Gasteiger partial charge in [0.05, 0.1) is 16.9 Å². The first-order valence-electron chi connectivity index (χ1n) is 15.5. The first kappa shape index (κ1) is 30.3. The van der Waals surface area contributed by atoms with Gasteiger partial charge in [-0.2, -0.15) is 5.10 Å². The lowest BCUT2D eigenvalue weighted by Gasteiger charge is -2.35. The van der Waals surface area contributed by atoms with Crippen molar-refractivity contribution in [1.29, 1.82) is 0 Å². The molecule has 0 fully saturated rings. The lowest BCUT2D eigenvalue weighted by atomic mass is 9.93. The Morgan fingerprint density at radius 3 is 2.33 bits per heavy atom. The first-order chi connectivity index (χ1) is 20.7. The van der Waals surface area contributed by atoms with Crippen LogP contribution in [0.3, 0.4) is 0 Å². The summed E-state index contributed by atoms with van der Waals surface area (Å²) in [5.74, 6) is 0.567. The van der Waals surface area contributed by atoms with Gasteiger partial charge in [-0.1, -0.05) is 62.2 Å². The molecule has 0 radical (unpaired) electrons. The maximum atomic E-state index is 14.5. The third-order valence-corrected chi connectivity index (χ3v) is 8.50. The van der Waals surface area contributed by atoms with Crippen LogP contribution in [0.2, 0.25) is 0 Å². The predicted molar refractivity (Wildman–Crippen MR) is 168 cm³/mol. The van der Waals surface area contributed by atoms with Gasteiger partial charge < -0.3 is 14.3 Å². The predicted octanol–water partition coefficient (Wildman–Crippen LogP) is 7.08. The van der Waals surface area contributed by atoms with Crippen LogP contribution in [0.5, 0.6) is 0 Å². The van der Waals surface area contributed by atoms with Crippen molar-refractivity contribution in [3.63, 3.8) is 0 Å². The second-order valence-electron chi connectivity index (χ2n) is 11.8. The zero-order valence-electron chi connectivity index (χ0n) is 26.3. The monoisotopic (exact) mass is 581 g/mol. The molecule has 1 aliphatic heterocycles. The molecule has 1 atom stereocenters. The quantitative estimate of drug-likeness (QED) is 0.200. The molecule has 2 amide bonds. The van der Waals surface area contributed by atoms with Gasteiger partial charge in [0.1, 0.15) is 5.76 Å². The summed E-state index contributed by atoms with van der Waals surface area (Å²) in [6.07, 6.45) is 4.74. The minimum atomic E-state index is -0.0686. The molecule has 8 nitrogen and oxygen atoms in total. The summed E-state index contributed by atoms with van der Waals surface area (Å²) in [5, 5.41) is 8.95. The SMILES string of the molecule is CCCCN(CCCC)C(=O)c1cc(C)n(-c2ccc(-c3c(C)noc3C)cc2C(=O)N2Cc3ccccc3C[C@H]2C)n1. The Bertz CT molecular complexity index is 1590. The molecule has 0 saturated heterocycles. The van der Waals surface area contributed by atoms with E-state index in [9.17, 15) is 9.59 Å². The molecule has 0 saturated carbocycles. The van der Waals surface area contributed by atoms with E-state index < -0.39 is 0 Å². The highest BCUT2D eigenvalue weighted by Gasteiger charge is 2.30. The summed E-state index contributed by atoms with van der Waals surface area (Å²) in [7, 11) is 0. The minimum Gasteiger partial charge on any atom is -0.361 e. The molecule has 0 bridgehead atoms. The second kappa shape index (κ2) is 13.0. The van der Waals surface area contributed by atoms with Crippen molar-refractivity contribution < 1.29 is 14.1 Å². The molecule has 3 heterocycles. The van der Waals surface area contributed by atoms with E-state index in [1.54, 1.807) is 4.68 Å². The fourth-order valence-electron chi connectivity index (χ4n) is 6.05. The van der Waals surface area contributed by atoms with Gasteiger partial charge in [-0.05, 0) is 81.8 Å². The summed E-state index contributed by atoms with van der Waals surface area (Å²) in [4.78, 5) is 32.0. The average Bonchev–Trinajstić information content (AvgIpc) is 3.56. The Balaban J connectivity index is 1.57. The number of fused-ring (bicyclic) bond motifs is 1. The number of carbonyl (C=O) groups is 2. The van der Waals surface area contributed by atoms with Gasteiger partial charge in [-0.15, -0.1) is 0 Å². The van der Waals surface area contributed by atoms with Crippen LogP contribution in [0.15, 0.2) is 53.1 Å². The number of amides is 2. The highest BCUT2D eigenvalue weighted by atomic mass is 16.5. The van der Waals surface area contributed by atoms with E-state index in [0.29, 0.717) is 42.3 Å². The van der Waals surface area contributed by atoms with E-state index in [1.165, 1.54) is 11.1 Å². The summed E-state index contributed by atoms with van der Waals surface area (Å²) >= 11 is 0. The van der Waals surface area contributed by atoms with Crippen molar-refractivity contribution >= 4 is 11.8 Å². The zero-order valence-corrected chi connectivity index (χ0v) is 26.3. The van der Waals surface area contributed by atoms with Crippen LogP contribution in [-0.2, 0) is 13.0 Å². The van der Waals surface area contributed by atoms with Gasteiger partial charge in [0, 0.05) is 36.9 Å². The maximum Gasteiger partial charge on any atom is 0.274 e. The van der Waals surface area contributed by atoms with E-state index in [0.717, 1.165) is 54.6 Å². The molecule has 2 aromatic heterocycles. The van der Waals surface area contributed by atoms with Crippen LogP contribution < -0.4 is 0 Å². The van der Waals surface area contributed by atoms with E-state index >= 15 is 0 Å². The summed E-state index contributed by atoms with van der Waals surface area (Å²) in [6.45, 7) is 14.1. The minimum absolute atomic E-state index is 0.0273. The first-order valence-corrected chi connectivity index (χ1v) is 15.5. The van der Waals surface area contributed by atoms with Crippen LogP contribution in [-0.4, -0.2) is 55.7 Å². The Labute approximate surface area is 254 Å². The van der Waals surface area contributed by atoms with Crippen molar-refractivity contribution in [2.24, 2.45) is 0 Å². The number of rotatable bonds is 10. The molecule has 0 spiro atoms.